The van der Waals surface area contributed by atoms with Gasteiger partial charge in [0.15, 0.2) is 0 Å². The van der Waals surface area contributed by atoms with E-state index in [9.17, 15) is 4.79 Å². The number of rotatable bonds is 8. The minimum absolute atomic E-state index is 0.108. The molecule has 1 amide bonds. The molecule has 3 rings (SSSR count). The third-order valence-corrected chi connectivity index (χ3v) is 5.07. The largest absolute Gasteiger partial charge is 0.491 e. The molecule has 1 fully saturated rings. The third-order valence-electron chi connectivity index (χ3n) is 4.54. The average Bonchev–Trinajstić information content (AvgIpc) is 2.72. The van der Waals surface area contributed by atoms with Crippen LogP contribution in [0, 0.1) is 0 Å². The number of amides is 1. The lowest BCUT2D eigenvalue weighted by Gasteiger charge is -2.34. The summed E-state index contributed by atoms with van der Waals surface area (Å²) >= 11 is 3.40. The molecule has 6 heteroatoms. The zero-order valence-electron chi connectivity index (χ0n) is 15.4. The summed E-state index contributed by atoms with van der Waals surface area (Å²) in [4.78, 5) is 16.8. The van der Waals surface area contributed by atoms with Gasteiger partial charge in [-0.3, -0.25) is 9.69 Å². The highest BCUT2D eigenvalue weighted by molar-refractivity contribution is 9.10. The molecular formula is C21H25BrN2O3. The Morgan fingerprint density at radius 2 is 1.59 bits per heavy atom. The van der Waals surface area contributed by atoms with Crippen LogP contribution in [0.15, 0.2) is 59.1 Å². The van der Waals surface area contributed by atoms with Gasteiger partial charge in [-0.25, -0.2) is 0 Å². The summed E-state index contributed by atoms with van der Waals surface area (Å²) in [6.07, 6.45) is 0. The minimum atomic E-state index is 0.108. The van der Waals surface area contributed by atoms with Crippen molar-refractivity contribution in [1.29, 1.82) is 0 Å². The van der Waals surface area contributed by atoms with E-state index in [4.69, 9.17) is 9.47 Å². The molecule has 1 aliphatic rings. The molecule has 1 aliphatic heterocycles. The summed E-state index contributed by atoms with van der Waals surface area (Å²) < 4.78 is 12.2. The summed E-state index contributed by atoms with van der Waals surface area (Å²) in [5.41, 5.74) is 0.744. The number of halogens is 1. The van der Waals surface area contributed by atoms with Gasteiger partial charge in [0.1, 0.15) is 12.4 Å². The van der Waals surface area contributed by atoms with E-state index in [-0.39, 0.29) is 5.91 Å². The molecule has 1 saturated heterocycles. The second-order valence-electron chi connectivity index (χ2n) is 6.41. The van der Waals surface area contributed by atoms with E-state index >= 15 is 0 Å². The zero-order chi connectivity index (χ0) is 18.9. The molecule has 0 bridgehead atoms. The maximum Gasteiger partial charge on any atom is 0.253 e. The van der Waals surface area contributed by atoms with Crippen LogP contribution in [0.1, 0.15) is 10.4 Å². The van der Waals surface area contributed by atoms with Crippen molar-refractivity contribution in [2.75, 3.05) is 52.5 Å². The van der Waals surface area contributed by atoms with Gasteiger partial charge in [-0.2, -0.15) is 0 Å². The highest BCUT2D eigenvalue weighted by atomic mass is 79.9. The number of carbonyl (C=O) groups excluding carboxylic acids is 1. The molecule has 27 heavy (non-hydrogen) atoms. The lowest BCUT2D eigenvalue weighted by molar-refractivity contribution is 0.0505. The van der Waals surface area contributed by atoms with Gasteiger partial charge in [0, 0.05) is 42.8 Å². The minimum Gasteiger partial charge on any atom is -0.491 e. The fourth-order valence-electron chi connectivity index (χ4n) is 2.98. The van der Waals surface area contributed by atoms with Crippen molar-refractivity contribution in [2.45, 2.75) is 0 Å². The molecule has 0 N–H and O–H groups in total. The monoisotopic (exact) mass is 432 g/mol. The second-order valence-corrected chi connectivity index (χ2v) is 7.33. The molecule has 0 spiro atoms. The molecule has 1 heterocycles. The van der Waals surface area contributed by atoms with Crippen LogP contribution in [-0.4, -0.2) is 68.3 Å². The van der Waals surface area contributed by atoms with Crippen LogP contribution in [0.4, 0.5) is 0 Å². The second kappa shape index (κ2) is 10.4. The van der Waals surface area contributed by atoms with Gasteiger partial charge in [-0.1, -0.05) is 34.1 Å². The van der Waals surface area contributed by atoms with Crippen LogP contribution in [0.5, 0.6) is 5.75 Å². The zero-order valence-corrected chi connectivity index (χ0v) is 16.9. The molecule has 144 valence electrons. The highest BCUT2D eigenvalue weighted by Gasteiger charge is 2.21. The van der Waals surface area contributed by atoms with E-state index in [0.29, 0.717) is 19.8 Å². The Balaban J connectivity index is 1.28. The first-order chi connectivity index (χ1) is 13.2. The van der Waals surface area contributed by atoms with Crippen molar-refractivity contribution >= 4 is 21.8 Å². The van der Waals surface area contributed by atoms with Crippen LogP contribution in [0.25, 0.3) is 0 Å². The number of hydrogen-bond acceptors (Lipinski definition) is 4. The van der Waals surface area contributed by atoms with Crippen molar-refractivity contribution in [2.24, 2.45) is 0 Å². The van der Waals surface area contributed by atoms with Crippen molar-refractivity contribution in [3.05, 3.63) is 64.6 Å². The Morgan fingerprint density at radius 1 is 0.889 bits per heavy atom. The van der Waals surface area contributed by atoms with E-state index in [1.807, 2.05) is 59.5 Å². The van der Waals surface area contributed by atoms with Crippen LogP contribution < -0.4 is 4.74 Å². The Labute approximate surface area is 169 Å². The first-order valence-electron chi connectivity index (χ1n) is 9.25. The molecule has 0 atom stereocenters. The quantitative estimate of drug-likeness (QED) is 0.600. The summed E-state index contributed by atoms with van der Waals surface area (Å²) in [6.45, 7) is 5.97. The van der Waals surface area contributed by atoms with Crippen molar-refractivity contribution in [3.8, 4) is 5.75 Å². The molecule has 0 unspecified atom stereocenters. The smallest absolute Gasteiger partial charge is 0.253 e. The summed E-state index contributed by atoms with van der Waals surface area (Å²) in [6, 6.07) is 17.3. The Morgan fingerprint density at radius 3 is 2.30 bits per heavy atom. The number of piperazine rings is 1. The predicted molar refractivity (Wildman–Crippen MR) is 109 cm³/mol. The number of benzene rings is 2. The molecule has 0 aromatic heterocycles. The predicted octanol–water partition coefficient (Wildman–Crippen LogP) is 3.30. The maximum absolute atomic E-state index is 12.5. The fourth-order valence-corrected chi connectivity index (χ4v) is 3.24. The fraction of sp³-hybridized carbons (Fsp3) is 0.381. The third kappa shape index (κ3) is 6.34. The summed E-state index contributed by atoms with van der Waals surface area (Å²) in [5, 5.41) is 0. The van der Waals surface area contributed by atoms with Crippen LogP contribution in [0.2, 0.25) is 0 Å². The number of ether oxygens (including phenoxy) is 2. The van der Waals surface area contributed by atoms with Crippen molar-refractivity contribution in [3.63, 3.8) is 0 Å². The highest BCUT2D eigenvalue weighted by Crippen LogP contribution is 2.13. The summed E-state index contributed by atoms with van der Waals surface area (Å²) in [5.74, 6) is 0.976. The molecule has 0 radical (unpaired) electrons. The molecule has 2 aromatic rings. The maximum atomic E-state index is 12.5. The van der Waals surface area contributed by atoms with Gasteiger partial charge in [-0.05, 0) is 36.4 Å². The van der Waals surface area contributed by atoms with Gasteiger partial charge in [-0.15, -0.1) is 0 Å². The lowest BCUT2D eigenvalue weighted by atomic mass is 10.2. The van der Waals surface area contributed by atoms with Gasteiger partial charge in [0.2, 0.25) is 0 Å². The molecular weight excluding hydrogens is 408 g/mol. The Bertz CT molecular complexity index is 701. The van der Waals surface area contributed by atoms with Crippen LogP contribution in [0.3, 0.4) is 0 Å². The van der Waals surface area contributed by atoms with Crippen molar-refractivity contribution < 1.29 is 14.3 Å². The number of hydrogen-bond donors (Lipinski definition) is 0. The lowest BCUT2D eigenvalue weighted by Crippen LogP contribution is -2.49. The first-order valence-corrected chi connectivity index (χ1v) is 10.0. The van der Waals surface area contributed by atoms with Crippen LogP contribution in [-0.2, 0) is 4.74 Å². The van der Waals surface area contributed by atoms with E-state index in [2.05, 4.69) is 20.8 Å². The van der Waals surface area contributed by atoms with Crippen LogP contribution >= 0.6 is 15.9 Å². The van der Waals surface area contributed by atoms with E-state index in [1.165, 1.54) is 0 Å². The SMILES string of the molecule is O=C(c1ccc(Br)cc1)N1CCN(CCOCCOc2ccccc2)CC1. The molecule has 0 saturated carbocycles. The Hall–Kier alpha value is -1.89. The van der Waals surface area contributed by atoms with E-state index in [0.717, 1.165) is 48.5 Å². The average molecular weight is 433 g/mol. The van der Waals surface area contributed by atoms with Crippen molar-refractivity contribution in [1.82, 2.24) is 9.80 Å². The summed E-state index contributed by atoms with van der Waals surface area (Å²) in [7, 11) is 0. The van der Waals surface area contributed by atoms with Gasteiger partial charge < -0.3 is 14.4 Å². The van der Waals surface area contributed by atoms with Gasteiger partial charge in [0.25, 0.3) is 5.91 Å². The first kappa shape index (κ1) is 19.9. The molecule has 0 aliphatic carbocycles. The number of carbonyl (C=O) groups is 1. The Kier molecular flexibility index (Phi) is 7.68. The number of para-hydroxylation sites is 1. The topological polar surface area (TPSA) is 42.0 Å². The standard InChI is InChI=1S/C21H25BrN2O3/c22-19-8-6-18(7-9-19)21(25)24-12-10-23(11-13-24)14-15-26-16-17-27-20-4-2-1-3-5-20/h1-9H,10-17H2. The van der Waals surface area contributed by atoms with Gasteiger partial charge >= 0.3 is 0 Å². The van der Waals surface area contributed by atoms with Gasteiger partial charge in [0.05, 0.1) is 13.2 Å². The molecule has 5 nitrogen and oxygen atoms in total. The van der Waals surface area contributed by atoms with E-state index < -0.39 is 0 Å². The number of nitrogens with zero attached hydrogens (tertiary/aromatic N) is 2. The molecule has 2 aromatic carbocycles. The van der Waals surface area contributed by atoms with E-state index in [1.54, 1.807) is 0 Å². The normalized spacial score (nSPS) is 14.9.